The van der Waals surface area contributed by atoms with E-state index in [1.54, 1.807) is 13.1 Å². The summed E-state index contributed by atoms with van der Waals surface area (Å²) < 4.78 is 47.0. The highest BCUT2D eigenvalue weighted by Crippen LogP contribution is 2.26. The molecule has 2 heterocycles. The van der Waals surface area contributed by atoms with Gasteiger partial charge in [0.15, 0.2) is 5.65 Å². The molecule has 0 aliphatic carbocycles. The Morgan fingerprint density at radius 2 is 2.04 bits per heavy atom. The van der Waals surface area contributed by atoms with E-state index in [2.05, 4.69) is 14.9 Å². The zero-order chi connectivity index (χ0) is 18.9. The Morgan fingerprint density at radius 1 is 1.27 bits per heavy atom. The fraction of sp³-hybridized carbons (Fsp3) is 0.188. The SMILES string of the molecule is COC(=O)CN(c1cccc(F)c1)S(=O)(=O)c1cccn2c(C)nnc12. The molecule has 0 bridgehead atoms. The zero-order valence-electron chi connectivity index (χ0n) is 14.0. The van der Waals surface area contributed by atoms with Gasteiger partial charge in [-0.2, -0.15) is 0 Å². The third kappa shape index (κ3) is 3.10. The average molecular weight is 378 g/mol. The van der Waals surface area contributed by atoms with Crippen LogP contribution in [0, 0.1) is 12.7 Å². The van der Waals surface area contributed by atoms with Gasteiger partial charge in [0.05, 0.1) is 12.8 Å². The molecule has 0 unspecified atom stereocenters. The number of aryl methyl sites for hydroxylation is 1. The minimum absolute atomic E-state index is 0.00589. The van der Waals surface area contributed by atoms with E-state index in [4.69, 9.17) is 0 Å². The number of esters is 1. The molecule has 0 saturated carbocycles. The van der Waals surface area contributed by atoms with E-state index < -0.39 is 28.4 Å². The molecule has 10 heteroatoms. The summed E-state index contributed by atoms with van der Waals surface area (Å²) in [6.45, 7) is 1.06. The first-order chi connectivity index (χ1) is 12.3. The molecule has 0 atom stereocenters. The molecule has 0 amide bonds. The van der Waals surface area contributed by atoms with Crippen LogP contribution in [-0.2, 0) is 19.6 Å². The highest BCUT2D eigenvalue weighted by atomic mass is 32.2. The number of methoxy groups -OCH3 is 1. The molecule has 2 aromatic heterocycles. The van der Waals surface area contributed by atoms with Crippen LogP contribution in [0.3, 0.4) is 0 Å². The maximum Gasteiger partial charge on any atom is 0.326 e. The smallest absolute Gasteiger partial charge is 0.326 e. The number of hydrogen-bond acceptors (Lipinski definition) is 6. The van der Waals surface area contributed by atoms with E-state index in [-0.39, 0.29) is 16.2 Å². The number of fused-ring (bicyclic) bond motifs is 1. The van der Waals surface area contributed by atoms with Crippen LogP contribution in [0.1, 0.15) is 5.82 Å². The molecular weight excluding hydrogens is 363 g/mol. The van der Waals surface area contributed by atoms with Gasteiger partial charge in [0, 0.05) is 6.20 Å². The number of aromatic nitrogens is 3. The molecule has 0 N–H and O–H groups in total. The van der Waals surface area contributed by atoms with Crippen molar-refractivity contribution in [1.29, 1.82) is 0 Å². The number of halogens is 1. The number of anilines is 1. The lowest BCUT2D eigenvalue weighted by atomic mass is 10.3. The van der Waals surface area contributed by atoms with E-state index in [1.165, 1.54) is 34.7 Å². The molecule has 26 heavy (non-hydrogen) atoms. The van der Waals surface area contributed by atoms with Crippen molar-refractivity contribution in [2.24, 2.45) is 0 Å². The summed E-state index contributed by atoms with van der Waals surface area (Å²) in [4.78, 5) is 11.6. The molecule has 3 aromatic rings. The van der Waals surface area contributed by atoms with Gasteiger partial charge in [-0.1, -0.05) is 6.07 Å². The average Bonchev–Trinajstić information content (AvgIpc) is 3.00. The van der Waals surface area contributed by atoms with Crippen LogP contribution in [0.5, 0.6) is 0 Å². The third-order valence-electron chi connectivity index (χ3n) is 3.73. The van der Waals surface area contributed by atoms with Gasteiger partial charge >= 0.3 is 5.97 Å². The Kier molecular flexibility index (Phi) is 4.60. The van der Waals surface area contributed by atoms with Gasteiger partial charge in [0.25, 0.3) is 10.0 Å². The molecule has 136 valence electrons. The molecule has 0 fully saturated rings. The maximum absolute atomic E-state index is 13.6. The minimum Gasteiger partial charge on any atom is -0.468 e. The number of sulfonamides is 1. The molecule has 8 nitrogen and oxygen atoms in total. The van der Waals surface area contributed by atoms with E-state index in [0.29, 0.717) is 5.82 Å². The van der Waals surface area contributed by atoms with Crippen LogP contribution in [0.2, 0.25) is 0 Å². The van der Waals surface area contributed by atoms with Gasteiger partial charge in [-0.05, 0) is 37.3 Å². The van der Waals surface area contributed by atoms with Gasteiger partial charge in [-0.15, -0.1) is 10.2 Å². The van der Waals surface area contributed by atoms with Crippen LogP contribution in [-0.4, -0.2) is 42.6 Å². The summed E-state index contributed by atoms with van der Waals surface area (Å²) in [5, 5.41) is 7.77. The lowest BCUT2D eigenvalue weighted by Gasteiger charge is -2.23. The van der Waals surface area contributed by atoms with Gasteiger partial charge < -0.3 is 4.74 Å². The Balaban J connectivity index is 2.19. The van der Waals surface area contributed by atoms with E-state index in [1.807, 2.05) is 0 Å². The second-order valence-electron chi connectivity index (χ2n) is 5.38. The fourth-order valence-electron chi connectivity index (χ4n) is 2.46. The van der Waals surface area contributed by atoms with Crippen molar-refractivity contribution >= 4 is 27.3 Å². The number of carbonyl (C=O) groups excluding carboxylic acids is 1. The van der Waals surface area contributed by atoms with Crippen LogP contribution in [0.25, 0.3) is 5.65 Å². The summed E-state index contributed by atoms with van der Waals surface area (Å²) >= 11 is 0. The molecule has 3 rings (SSSR count). The second-order valence-corrected chi connectivity index (χ2v) is 7.21. The quantitative estimate of drug-likeness (QED) is 0.625. The highest BCUT2D eigenvalue weighted by Gasteiger charge is 2.30. The number of benzene rings is 1. The topological polar surface area (TPSA) is 93.9 Å². The minimum atomic E-state index is -4.25. The molecule has 0 saturated heterocycles. The fourth-order valence-corrected chi connectivity index (χ4v) is 3.98. The first-order valence-electron chi connectivity index (χ1n) is 7.50. The van der Waals surface area contributed by atoms with E-state index in [0.717, 1.165) is 17.5 Å². The largest absolute Gasteiger partial charge is 0.468 e. The Labute approximate surface area is 148 Å². The maximum atomic E-state index is 13.6. The van der Waals surface area contributed by atoms with Crippen LogP contribution in [0.4, 0.5) is 10.1 Å². The molecule has 0 radical (unpaired) electrons. The van der Waals surface area contributed by atoms with Crippen molar-refractivity contribution in [3.8, 4) is 0 Å². The number of nitrogens with zero attached hydrogens (tertiary/aromatic N) is 4. The van der Waals surface area contributed by atoms with Crippen molar-refractivity contribution in [2.45, 2.75) is 11.8 Å². The Hall–Kier alpha value is -3.01. The van der Waals surface area contributed by atoms with Gasteiger partial charge in [0.1, 0.15) is 23.1 Å². The van der Waals surface area contributed by atoms with Crippen molar-refractivity contribution in [3.05, 3.63) is 54.2 Å². The van der Waals surface area contributed by atoms with Crippen LogP contribution >= 0.6 is 0 Å². The molecule has 0 aliphatic rings. The van der Waals surface area contributed by atoms with Crippen molar-refractivity contribution in [1.82, 2.24) is 14.6 Å². The molecular formula is C16H15FN4O4S. The zero-order valence-corrected chi connectivity index (χ0v) is 14.8. The number of hydrogen-bond donors (Lipinski definition) is 0. The molecule has 1 aromatic carbocycles. The molecule has 0 aliphatic heterocycles. The van der Waals surface area contributed by atoms with E-state index >= 15 is 0 Å². The van der Waals surface area contributed by atoms with Crippen molar-refractivity contribution in [3.63, 3.8) is 0 Å². The van der Waals surface area contributed by atoms with Crippen LogP contribution in [0.15, 0.2) is 47.5 Å². The Bertz CT molecular complexity index is 1080. The molecule has 0 spiro atoms. The summed E-state index contributed by atoms with van der Waals surface area (Å²) in [6, 6.07) is 7.82. The predicted molar refractivity (Wildman–Crippen MR) is 90.7 cm³/mol. The number of pyridine rings is 1. The first-order valence-corrected chi connectivity index (χ1v) is 8.94. The normalized spacial score (nSPS) is 11.5. The van der Waals surface area contributed by atoms with Gasteiger partial charge in [0.2, 0.25) is 0 Å². The Morgan fingerprint density at radius 3 is 2.73 bits per heavy atom. The van der Waals surface area contributed by atoms with Gasteiger partial charge in [-0.25, -0.2) is 12.8 Å². The summed E-state index contributed by atoms with van der Waals surface area (Å²) in [5.41, 5.74) is 0.102. The van der Waals surface area contributed by atoms with E-state index in [9.17, 15) is 17.6 Å². The standard InChI is InChI=1S/C16H15FN4O4S/c1-11-18-19-16-14(7-4-8-20(11)16)26(23,24)21(10-15(22)25-2)13-6-3-5-12(17)9-13/h3-9H,10H2,1-2H3. The van der Waals surface area contributed by atoms with Gasteiger partial charge in [-0.3, -0.25) is 13.5 Å². The lowest BCUT2D eigenvalue weighted by molar-refractivity contribution is -0.138. The summed E-state index contributed by atoms with van der Waals surface area (Å²) in [5.74, 6) is -0.922. The second kappa shape index (κ2) is 6.71. The monoisotopic (exact) mass is 378 g/mol. The summed E-state index contributed by atoms with van der Waals surface area (Å²) in [7, 11) is -3.11. The predicted octanol–water partition coefficient (Wildman–Crippen LogP) is 1.55. The number of ether oxygens (including phenoxy) is 1. The first kappa shape index (κ1) is 17.8. The number of carbonyl (C=O) groups is 1. The van der Waals surface area contributed by atoms with Crippen molar-refractivity contribution < 1.29 is 22.3 Å². The van der Waals surface area contributed by atoms with Crippen LogP contribution < -0.4 is 4.31 Å². The van der Waals surface area contributed by atoms with Crippen molar-refractivity contribution in [2.75, 3.05) is 18.0 Å². The lowest BCUT2D eigenvalue weighted by Crippen LogP contribution is -2.36. The highest BCUT2D eigenvalue weighted by molar-refractivity contribution is 7.93. The summed E-state index contributed by atoms with van der Waals surface area (Å²) in [6.07, 6.45) is 1.62. The third-order valence-corrected chi connectivity index (χ3v) is 5.53. The number of rotatable bonds is 5.